The largest absolute Gasteiger partial charge is 0.389 e. The van der Waals surface area contributed by atoms with Gasteiger partial charge in [0, 0.05) is 25.2 Å². The average molecular weight is 283 g/mol. The van der Waals surface area contributed by atoms with E-state index in [2.05, 4.69) is 10.2 Å². The lowest BCUT2D eigenvalue weighted by Gasteiger charge is -2.30. The van der Waals surface area contributed by atoms with Crippen molar-refractivity contribution in [3.8, 4) is 0 Å². The Labute approximate surface area is 117 Å². The summed E-state index contributed by atoms with van der Waals surface area (Å²) in [5.74, 6) is -0.352. The third kappa shape index (κ3) is 3.86. The molecule has 0 aromatic heterocycles. The standard InChI is InChI=1S/C13H18FN3OS/c1-17-4-5-18-10(8-17)7-16-12-3-2-9(13(15)19)6-11(12)14/h2-3,6,10,16H,4-5,7-8H2,1H3,(H2,15,19). The molecule has 0 amide bonds. The summed E-state index contributed by atoms with van der Waals surface area (Å²) in [7, 11) is 2.05. The van der Waals surface area contributed by atoms with Gasteiger partial charge in [0.2, 0.25) is 0 Å². The second-order valence-corrected chi connectivity index (χ2v) is 5.13. The number of likely N-dealkylation sites (N-methyl/N-ethyl adjacent to an activating group) is 1. The van der Waals surface area contributed by atoms with Crippen molar-refractivity contribution in [3.63, 3.8) is 0 Å². The van der Waals surface area contributed by atoms with Crippen molar-refractivity contribution >= 4 is 22.9 Å². The third-order valence-corrected chi connectivity index (χ3v) is 3.35. The van der Waals surface area contributed by atoms with E-state index in [1.54, 1.807) is 12.1 Å². The van der Waals surface area contributed by atoms with Gasteiger partial charge in [-0.1, -0.05) is 12.2 Å². The van der Waals surface area contributed by atoms with Gasteiger partial charge in [0.05, 0.1) is 18.4 Å². The molecule has 1 aliphatic rings. The van der Waals surface area contributed by atoms with Gasteiger partial charge >= 0.3 is 0 Å². The number of halogens is 1. The molecule has 1 aromatic carbocycles. The fourth-order valence-corrected chi connectivity index (χ4v) is 2.15. The summed E-state index contributed by atoms with van der Waals surface area (Å²) in [5.41, 5.74) is 6.43. The number of ether oxygens (including phenoxy) is 1. The molecule has 1 aromatic rings. The van der Waals surface area contributed by atoms with E-state index in [0.717, 1.165) is 13.1 Å². The zero-order valence-corrected chi connectivity index (χ0v) is 11.7. The molecule has 1 atom stereocenters. The monoisotopic (exact) mass is 283 g/mol. The minimum absolute atomic E-state index is 0.0772. The number of hydrogen-bond donors (Lipinski definition) is 2. The summed E-state index contributed by atoms with van der Waals surface area (Å²) < 4.78 is 19.4. The summed E-state index contributed by atoms with van der Waals surface area (Å²) in [4.78, 5) is 2.39. The number of morpholine rings is 1. The Hall–Kier alpha value is -1.24. The molecule has 2 rings (SSSR count). The van der Waals surface area contributed by atoms with Crippen LogP contribution in [0.1, 0.15) is 5.56 Å². The van der Waals surface area contributed by atoms with E-state index < -0.39 is 0 Å². The topological polar surface area (TPSA) is 50.5 Å². The zero-order chi connectivity index (χ0) is 13.8. The Morgan fingerprint density at radius 2 is 2.42 bits per heavy atom. The Kier molecular flexibility index (Phi) is 4.68. The highest BCUT2D eigenvalue weighted by atomic mass is 32.1. The predicted molar refractivity (Wildman–Crippen MR) is 78.0 cm³/mol. The number of benzene rings is 1. The quantitative estimate of drug-likeness (QED) is 0.813. The van der Waals surface area contributed by atoms with Crippen LogP contribution in [0.4, 0.5) is 10.1 Å². The lowest BCUT2D eigenvalue weighted by Crippen LogP contribution is -2.43. The number of nitrogens with zero attached hydrogens (tertiary/aromatic N) is 1. The Balaban J connectivity index is 1.94. The van der Waals surface area contributed by atoms with Crippen molar-refractivity contribution in [2.24, 2.45) is 5.73 Å². The molecule has 1 heterocycles. The smallest absolute Gasteiger partial charge is 0.146 e. The van der Waals surface area contributed by atoms with E-state index >= 15 is 0 Å². The third-order valence-electron chi connectivity index (χ3n) is 3.12. The summed E-state index contributed by atoms with van der Waals surface area (Å²) in [5, 5.41) is 3.06. The molecule has 4 nitrogen and oxygen atoms in total. The summed E-state index contributed by atoms with van der Waals surface area (Å²) >= 11 is 4.81. The predicted octanol–water partition coefficient (Wildman–Crippen LogP) is 1.20. The van der Waals surface area contributed by atoms with Crippen molar-refractivity contribution in [1.29, 1.82) is 0 Å². The van der Waals surface area contributed by atoms with Crippen molar-refractivity contribution < 1.29 is 9.13 Å². The van der Waals surface area contributed by atoms with Crippen LogP contribution in [-0.4, -0.2) is 49.3 Å². The Morgan fingerprint density at radius 3 is 3.05 bits per heavy atom. The van der Waals surface area contributed by atoms with Gasteiger partial charge in [-0.3, -0.25) is 0 Å². The molecule has 3 N–H and O–H groups in total. The fraction of sp³-hybridized carbons (Fsp3) is 0.462. The lowest BCUT2D eigenvalue weighted by molar-refractivity contribution is -0.0117. The summed E-state index contributed by atoms with van der Waals surface area (Å²) in [6.45, 7) is 3.08. The fourth-order valence-electron chi connectivity index (χ4n) is 2.03. The molecule has 19 heavy (non-hydrogen) atoms. The van der Waals surface area contributed by atoms with Gasteiger partial charge in [0.25, 0.3) is 0 Å². The highest BCUT2D eigenvalue weighted by molar-refractivity contribution is 7.80. The molecule has 1 unspecified atom stereocenters. The highest BCUT2D eigenvalue weighted by Crippen LogP contribution is 2.16. The molecule has 0 aliphatic carbocycles. The number of rotatable bonds is 4. The number of nitrogens with one attached hydrogen (secondary N) is 1. The van der Waals surface area contributed by atoms with Crippen LogP contribution in [0, 0.1) is 5.82 Å². The van der Waals surface area contributed by atoms with Crippen LogP contribution in [0.5, 0.6) is 0 Å². The van der Waals surface area contributed by atoms with E-state index in [1.165, 1.54) is 6.07 Å². The molecular weight excluding hydrogens is 265 g/mol. The van der Waals surface area contributed by atoms with Crippen LogP contribution in [0.15, 0.2) is 18.2 Å². The molecule has 104 valence electrons. The van der Waals surface area contributed by atoms with E-state index in [0.29, 0.717) is 24.4 Å². The molecule has 1 fully saturated rings. The number of nitrogens with two attached hydrogens (primary N) is 1. The molecule has 0 radical (unpaired) electrons. The van der Waals surface area contributed by atoms with Crippen LogP contribution >= 0.6 is 12.2 Å². The van der Waals surface area contributed by atoms with Crippen LogP contribution < -0.4 is 11.1 Å². The maximum atomic E-state index is 13.8. The van der Waals surface area contributed by atoms with Crippen LogP contribution in [0.3, 0.4) is 0 Å². The number of thiocarbonyl (C=S) groups is 1. The molecular formula is C13H18FN3OS. The van der Waals surface area contributed by atoms with Crippen molar-refractivity contribution in [1.82, 2.24) is 4.90 Å². The molecule has 0 bridgehead atoms. The summed E-state index contributed by atoms with van der Waals surface area (Å²) in [6.07, 6.45) is 0.0772. The molecule has 1 saturated heterocycles. The van der Waals surface area contributed by atoms with E-state index in [9.17, 15) is 4.39 Å². The van der Waals surface area contributed by atoms with Gasteiger partial charge in [0.15, 0.2) is 0 Å². The lowest BCUT2D eigenvalue weighted by atomic mass is 10.2. The number of anilines is 1. The van der Waals surface area contributed by atoms with Crippen molar-refractivity contribution in [2.45, 2.75) is 6.10 Å². The average Bonchev–Trinajstić information content (AvgIpc) is 2.37. The van der Waals surface area contributed by atoms with Crippen molar-refractivity contribution in [3.05, 3.63) is 29.6 Å². The van der Waals surface area contributed by atoms with Gasteiger partial charge < -0.3 is 20.7 Å². The second kappa shape index (κ2) is 6.27. The van der Waals surface area contributed by atoms with E-state index in [1.807, 2.05) is 7.05 Å². The van der Waals surface area contributed by atoms with Gasteiger partial charge in [-0.25, -0.2) is 4.39 Å². The Bertz CT molecular complexity index is 469. The van der Waals surface area contributed by atoms with Crippen LogP contribution in [0.2, 0.25) is 0 Å². The first-order valence-electron chi connectivity index (χ1n) is 6.19. The molecule has 1 aliphatic heterocycles. The van der Waals surface area contributed by atoms with Crippen LogP contribution in [0.25, 0.3) is 0 Å². The SMILES string of the molecule is CN1CCOC(CNc2ccc(C(N)=S)cc2F)C1. The normalized spacial score (nSPS) is 20.2. The van der Waals surface area contributed by atoms with Gasteiger partial charge in [-0.15, -0.1) is 0 Å². The molecule has 0 spiro atoms. The summed E-state index contributed by atoms with van der Waals surface area (Å²) in [6, 6.07) is 4.70. The van der Waals surface area contributed by atoms with Crippen molar-refractivity contribution in [2.75, 3.05) is 38.6 Å². The second-order valence-electron chi connectivity index (χ2n) is 4.69. The Morgan fingerprint density at radius 1 is 1.63 bits per heavy atom. The maximum Gasteiger partial charge on any atom is 0.146 e. The first-order chi connectivity index (χ1) is 9.06. The first kappa shape index (κ1) is 14.2. The van der Waals surface area contributed by atoms with Gasteiger partial charge in [0.1, 0.15) is 10.8 Å². The molecule has 0 saturated carbocycles. The highest BCUT2D eigenvalue weighted by Gasteiger charge is 2.17. The zero-order valence-electron chi connectivity index (χ0n) is 10.9. The number of hydrogen-bond acceptors (Lipinski definition) is 4. The van der Waals surface area contributed by atoms with E-state index in [4.69, 9.17) is 22.7 Å². The minimum Gasteiger partial charge on any atom is -0.389 e. The minimum atomic E-state index is -0.352. The first-order valence-corrected chi connectivity index (χ1v) is 6.60. The maximum absolute atomic E-state index is 13.8. The van der Waals surface area contributed by atoms with Gasteiger partial charge in [-0.05, 0) is 25.2 Å². The van der Waals surface area contributed by atoms with Crippen LogP contribution in [-0.2, 0) is 4.74 Å². The van der Waals surface area contributed by atoms with E-state index in [-0.39, 0.29) is 16.9 Å². The molecule has 6 heteroatoms. The van der Waals surface area contributed by atoms with Gasteiger partial charge in [-0.2, -0.15) is 0 Å².